The van der Waals surface area contributed by atoms with Gasteiger partial charge < -0.3 is 14.2 Å². The number of ketones is 1. The minimum absolute atomic E-state index is 0.0580. The summed E-state index contributed by atoms with van der Waals surface area (Å²) in [5, 5.41) is 0. The van der Waals surface area contributed by atoms with E-state index in [1.54, 1.807) is 0 Å². The van der Waals surface area contributed by atoms with Gasteiger partial charge in [-0.05, 0) is 65.0 Å². The molecule has 37 heavy (non-hydrogen) atoms. The Balaban J connectivity index is 1.75. The lowest BCUT2D eigenvalue weighted by molar-refractivity contribution is -0.172. The van der Waals surface area contributed by atoms with Gasteiger partial charge in [-0.3, -0.25) is 4.79 Å². The number of Topliss-reactive ketones (excluding diaryl/α,β-unsaturated/α-hetero) is 1. The van der Waals surface area contributed by atoms with Crippen molar-refractivity contribution in [3.63, 3.8) is 0 Å². The van der Waals surface area contributed by atoms with Crippen LogP contribution in [0, 0.1) is 5.92 Å². The molecular weight excluding hydrogens is 464 g/mol. The second-order valence-corrected chi connectivity index (χ2v) is 11.5. The maximum Gasteiger partial charge on any atom is 0.345 e. The highest BCUT2D eigenvalue weighted by Crippen LogP contribution is 2.57. The highest BCUT2D eigenvalue weighted by atomic mass is 16.7. The fourth-order valence-electron chi connectivity index (χ4n) is 6.38. The molecule has 2 aromatic rings. The number of carbonyl (C=O) groups is 2. The van der Waals surface area contributed by atoms with Crippen molar-refractivity contribution in [3.05, 3.63) is 70.3 Å². The molecule has 0 spiro atoms. The first-order valence-electron chi connectivity index (χ1n) is 13.7. The second-order valence-electron chi connectivity index (χ2n) is 11.5. The minimum Gasteiger partial charge on any atom is -0.487 e. The van der Waals surface area contributed by atoms with Gasteiger partial charge in [-0.1, -0.05) is 61.7 Å². The summed E-state index contributed by atoms with van der Waals surface area (Å²) in [5.74, 6) is -0.441. The van der Waals surface area contributed by atoms with Crippen LogP contribution in [0.25, 0.3) is 0 Å². The SMILES string of the molecule is CCCCCc1cc2c(c3c1C(=O)OC(CC(C)=O)(c1ccccc1)O3)[C@@H]1C=C(C)CC[C@H]1C(C)(C)O2. The number of hydrogen-bond acceptors (Lipinski definition) is 5. The van der Waals surface area contributed by atoms with Crippen LogP contribution in [0.15, 0.2) is 48.0 Å². The lowest BCUT2D eigenvalue weighted by Gasteiger charge is -2.48. The van der Waals surface area contributed by atoms with Gasteiger partial charge in [0.25, 0.3) is 5.79 Å². The summed E-state index contributed by atoms with van der Waals surface area (Å²) in [6, 6.07) is 11.4. The summed E-state index contributed by atoms with van der Waals surface area (Å²) in [5.41, 5.74) is 3.93. The normalized spacial score (nSPS) is 25.4. The third kappa shape index (κ3) is 4.58. The minimum atomic E-state index is -1.51. The monoisotopic (exact) mass is 502 g/mol. The Morgan fingerprint density at radius 2 is 1.84 bits per heavy atom. The van der Waals surface area contributed by atoms with E-state index >= 15 is 0 Å². The van der Waals surface area contributed by atoms with Crippen molar-refractivity contribution >= 4 is 11.8 Å². The van der Waals surface area contributed by atoms with E-state index in [2.05, 4.69) is 33.8 Å². The Labute approximate surface area is 220 Å². The Bertz CT molecular complexity index is 1240. The summed E-state index contributed by atoms with van der Waals surface area (Å²) >= 11 is 0. The maximum atomic E-state index is 13.9. The number of aryl methyl sites for hydroxylation is 1. The molecule has 5 nitrogen and oxygen atoms in total. The molecule has 3 atom stereocenters. The number of ether oxygens (including phenoxy) is 3. The van der Waals surface area contributed by atoms with E-state index in [9.17, 15) is 9.59 Å². The van der Waals surface area contributed by atoms with Crippen LogP contribution in [-0.2, 0) is 21.7 Å². The van der Waals surface area contributed by atoms with Gasteiger partial charge in [0, 0.05) is 23.0 Å². The Morgan fingerprint density at radius 3 is 2.54 bits per heavy atom. The third-order valence-electron chi connectivity index (χ3n) is 8.18. The molecule has 2 aliphatic heterocycles. The van der Waals surface area contributed by atoms with Crippen LogP contribution >= 0.6 is 0 Å². The summed E-state index contributed by atoms with van der Waals surface area (Å²) < 4.78 is 19.6. The molecule has 1 aliphatic carbocycles. The molecule has 0 radical (unpaired) electrons. The van der Waals surface area contributed by atoms with Gasteiger partial charge in [-0.2, -0.15) is 0 Å². The average Bonchev–Trinajstić information content (AvgIpc) is 2.83. The van der Waals surface area contributed by atoms with Crippen molar-refractivity contribution in [2.24, 2.45) is 5.92 Å². The van der Waals surface area contributed by atoms with E-state index in [4.69, 9.17) is 14.2 Å². The van der Waals surface area contributed by atoms with Crippen LogP contribution in [0.3, 0.4) is 0 Å². The number of allylic oxidation sites excluding steroid dienone is 2. The van der Waals surface area contributed by atoms with Crippen LogP contribution in [0.2, 0.25) is 0 Å². The number of unbranched alkanes of at least 4 members (excludes halogenated alkanes) is 2. The van der Waals surface area contributed by atoms with Crippen LogP contribution in [0.5, 0.6) is 11.5 Å². The Kier molecular flexibility index (Phi) is 6.68. The molecule has 0 fully saturated rings. The van der Waals surface area contributed by atoms with E-state index in [1.165, 1.54) is 12.5 Å². The summed E-state index contributed by atoms with van der Waals surface area (Å²) in [6.45, 7) is 10.2. The predicted molar refractivity (Wildman–Crippen MR) is 143 cm³/mol. The molecule has 2 aromatic carbocycles. The van der Waals surface area contributed by atoms with Crippen molar-refractivity contribution in [1.82, 2.24) is 0 Å². The molecular formula is C32H38O5. The largest absolute Gasteiger partial charge is 0.487 e. The number of rotatable bonds is 7. The van der Waals surface area contributed by atoms with Gasteiger partial charge in [0.2, 0.25) is 0 Å². The number of benzene rings is 2. The highest BCUT2D eigenvalue weighted by molar-refractivity contribution is 5.97. The predicted octanol–water partition coefficient (Wildman–Crippen LogP) is 7.41. The molecule has 0 saturated carbocycles. The number of esters is 1. The van der Waals surface area contributed by atoms with Crippen LogP contribution in [0.4, 0.5) is 0 Å². The molecule has 196 valence electrons. The Hall–Kier alpha value is -3.08. The van der Waals surface area contributed by atoms with Crippen molar-refractivity contribution in [2.45, 2.75) is 96.9 Å². The van der Waals surface area contributed by atoms with E-state index in [-0.39, 0.29) is 29.6 Å². The number of carbonyl (C=O) groups excluding carboxylic acids is 2. The standard InChI is InChI=1S/C32H38O5/c1-6-7-9-12-22-18-26-28(24-17-20(2)15-16-25(24)31(4,5)35-26)29-27(22)30(34)37-32(36-29,19-21(3)33)23-13-10-8-11-14-23/h8,10-11,13-14,17-18,24-25H,6-7,9,12,15-16,19H2,1-5H3/t24-,25-,32?/m1/s1. The van der Waals surface area contributed by atoms with E-state index in [0.717, 1.165) is 55.4 Å². The van der Waals surface area contributed by atoms with Crippen LogP contribution in [0.1, 0.15) is 106 Å². The molecule has 5 rings (SSSR count). The van der Waals surface area contributed by atoms with Crippen LogP contribution in [-0.4, -0.2) is 17.4 Å². The van der Waals surface area contributed by atoms with Crippen molar-refractivity contribution in [3.8, 4) is 11.5 Å². The quantitative estimate of drug-likeness (QED) is 0.224. The molecule has 0 amide bonds. The third-order valence-corrected chi connectivity index (χ3v) is 8.18. The van der Waals surface area contributed by atoms with Gasteiger partial charge in [0.15, 0.2) is 0 Å². The zero-order valence-corrected chi connectivity index (χ0v) is 22.7. The van der Waals surface area contributed by atoms with Gasteiger partial charge in [-0.15, -0.1) is 0 Å². The molecule has 5 heteroatoms. The zero-order chi connectivity index (χ0) is 26.4. The first-order valence-corrected chi connectivity index (χ1v) is 13.7. The van der Waals surface area contributed by atoms with E-state index < -0.39 is 11.8 Å². The summed E-state index contributed by atoms with van der Waals surface area (Å²) in [6.07, 6.45) is 8.15. The number of hydrogen-bond donors (Lipinski definition) is 0. The lowest BCUT2D eigenvalue weighted by atomic mass is 9.67. The zero-order valence-electron chi connectivity index (χ0n) is 22.7. The van der Waals surface area contributed by atoms with E-state index in [1.807, 2.05) is 36.4 Å². The van der Waals surface area contributed by atoms with Gasteiger partial charge in [-0.25, -0.2) is 4.79 Å². The molecule has 3 aliphatic rings. The van der Waals surface area contributed by atoms with Crippen molar-refractivity contribution in [2.75, 3.05) is 0 Å². The number of fused-ring (bicyclic) bond motifs is 5. The molecule has 0 aromatic heterocycles. The van der Waals surface area contributed by atoms with Gasteiger partial charge >= 0.3 is 5.97 Å². The molecule has 1 unspecified atom stereocenters. The molecule has 0 bridgehead atoms. The second kappa shape index (κ2) is 9.66. The molecule has 0 N–H and O–H groups in total. The first kappa shape index (κ1) is 25.6. The maximum absolute atomic E-state index is 13.9. The van der Waals surface area contributed by atoms with Crippen molar-refractivity contribution < 1.29 is 23.8 Å². The highest BCUT2D eigenvalue weighted by Gasteiger charge is 2.51. The topological polar surface area (TPSA) is 61.8 Å². The van der Waals surface area contributed by atoms with E-state index in [0.29, 0.717) is 16.9 Å². The summed E-state index contributed by atoms with van der Waals surface area (Å²) in [7, 11) is 0. The molecule has 2 heterocycles. The fraction of sp³-hybridized carbons (Fsp3) is 0.500. The van der Waals surface area contributed by atoms with Gasteiger partial charge in [0.1, 0.15) is 28.4 Å². The van der Waals surface area contributed by atoms with Crippen molar-refractivity contribution in [1.29, 1.82) is 0 Å². The lowest BCUT2D eigenvalue weighted by Crippen LogP contribution is -2.47. The average molecular weight is 503 g/mol. The Morgan fingerprint density at radius 1 is 1.08 bits per heavy atom. The summed E-state index contributed by atoms with van der Waals surface area (Å²) in [4.78, 5) is 26.4. The van der Waals surface area contributed by atoms with Gasteiger partial charge in [0.05, 0.1) is 6.42 Å². The van der Waals surface area contributed by atoms with Crippen LogP contribution < -0.4 is 9.47 Å². The first-order chi connectivity index (χ1) is 17.6. The number of cyclic esters (lactones) is 1. The fourth-order valence-corrected chi connectivity index (χ4v) is 6.38. The smallest absolute Gasteiger partial charge is 0.345 e. The molecule has 0 saturated heterocycles.